The van der Waals surface area contributed by atoms with E-state index in [1.807, 2.05) is 6.92 Å². The van der Waals surface area contributed by atoms with Gasteiger partial charge in [-0.05, 0) is 37.6 Å². The molecule has 4 heterocycles. The lowest BCUT2D eigenvalue weighted by Crippen LogP contribution is -2.51. The van der Waals surface area contributed by atoms with Crippen LogP contribution in [-0.4, -0.2) is 73.4 Å². The van der Waals surface area contributed by atoms with Crippen LogP contribution >= 0.6 is 23.2 Å². The standard InChI is InChI=1S/C25H26Cl2N6O5/c1-12(22(35)29-18(11-34)14-4-3-5-15(26)8-14)32-7-6-19-16(24(32)37)9-20(38-19)21-17(27)10-28-25(30-21)31-33-13(2)23(33)36/h3-5,8-10,12-13,18,23,34,36H,6-7,11H2,1-2H3,(H,29,35)(H,28,30,31)/t12-,13-,18-,23-,33?/m1/s1. The van der Waals surface area contributed by atoms with E-state index in [2.05, 4.69) is 20.7 Å². The Labute approximate surface area is 228 Å². The van der Waals surface area contributed by atoms with E-state index in [0.29, 0.717) is 39.8 Å². The number of carbonyl (C=O) groups is 2. The third-order valence-corrected chi connectivity index (χ3v) is 7.26. The number of fused-ring (bicyclic) bond motifs is 1. The Balaban J connectivity index is 1.31. The number of halogens is 2. The van der Waals surface area contributed by atoms with E-state index >= 15 is 0 Å². The van der Waals surface area contributed by atoms with Gasteiger partial charge in [-0.2, -0.15) is 5.01 Å². The summed E-state index contributed by atoms with van der Waals surface area (Å²) in [7, 11) is 0. The predicted octanol–water partition coefficient (Wildman–Crippen LogP) is 2.63. The van der Waals surface area contributed by atoms with Gasteiger partial charge in [0.15, 0.2) is 5.76 Å². The molecule has 1 unspecified atom stereocenters. The number of carbonyl (C=O) groups excluding carboxylic acids is 2. The Bertz CT molecular complexity index is 1380. The largest absolute Gasteiger partial charge is 0.458 e. The molecule has 0 spiro atoms. The molecule has 1 fully saturated rings. The van der Waals surface area contributed by atoms with Gasteiger partial charge >= 0.3 is 0 Å². The summed E-state index contributed by atoms with van der Waals surface area (Å²) in [6.45, 7) is 3.42. The van der Waals surface area contributed by atoms with Gasteiger partial charge in [-0.1, -0.05) is 35.3 Å². The molecule has 2 aromatic heterocycles. The van der Waals surface area contributed by atoms with E-state index in [-0.39, 0.29) is 36.1 Å². The van der Waals surface area contributed by atoms with Crippen molar-refractivity contribution in [3.8, 4) is 11.5 Å². The van der Waals surface area contributed by atoms with Crippen LogP contribution in [0.5, 0.6) is 0 Å². The minimum atomic E-state index is -0.804. The number of amides is 2. The van der Waals surface area contributed by atoms with Crippen LogP contribution < -0.4 is 10.7 Å². The van der Waals surface area contributed by atoms with E-state index in [0.717, 1.165) is 0 Å². The van der Waals surface area contributed by atoms with Crippen LogP contribution in [0.15, 0.2) is 40.9 Å². The highest BCUT2D eigenvalue weighted by atomic mass is 35.5. The zero-order valence-corrected chi connectivity index (χ0v) is 22.1. The van der Waals surface area contributed by atoms with Gasteiger partial charge in [0.05, 0.1) is 35.5 Å². The van der Waals surface area contributed by atoms with Crippen LogP contribution in [-0.2, 0) is 11.2 Å². The molecule has 1 saturated heterocycles. The summed E-state index contributed by atoms with van der Waals surface area (Å²) < 4.78 is 5.94. The third-order valence-electron chi connectivity index (χ3n) is 6.75. The molecule has 13 heteroatoms. The maximum Gasteiger partial charge on any atom is 0.258 e. The molecule has 0 bridgehead atoms. The van der Waals surface area contributed by atoms with E-state index in [1.54, 1.807) is 42.3 Å². The fourth-order valence-electron chi connectivity index (χ4n) is 4.36. The first-order valence-corrected chi connectivity index (χ1v) is 12.8. The molecule has 0 radical (unpaired) electrons. The molecule has 38 heavy (non-hydrogen) atoms. The number of aromatic nitrogens is 2. The number of aliphatic hydroxyl groups is 2. The smallest absolute Gasteiger partial charge is 0.258 e. The maximum atomic E-state index is 13.4. The number of furan rings is 1. The Morgan fingerprint density at radius 3 is 2.76 bits per heavy atom. The fourth-order valence-corrected chi connectivity index (χ4v) is 4.74. The van der Waals surface area contributed by atoms with Gasteiger partial charge in [0.2, 0.25) is 11.9 Å². The molecular formula is C25H26Cl2N6O5. The molecule has 0 saturated carbocycles. The summed E-state index contributed by atoms with van der Waals surface area (Å²) in [6.07, 6.45) is 1.17. The average Bonchev–Trinajstić information content (AvgIpc) is 3.27. The van der Waals surface area contributed by atoms with E-state index < -0.39 is 24.2 Å². The summed E-state index contributed by atoms with van der Waals surface area (Å²) in [5, 5.41) is 24.7. The monoisotopic (exact) mass is 560 g/mol. The summed E-state index contributed by atoms with van der Waals surface area (Å²) in [6, 6.07) is 6.88. The highest BCUT2D eigenvalue weighted by Crippen LogP contribution is 2.34. The number of anilines is 1. The number of aliphatic hydroxyl groups excluding tert-OH is 2. The van der Waals surface area contributed by atoms with Crippen LogP contribution in [0.25, 0.3) is 11.5 Å². The number of hydrogen-bond donors (Lipinski definition) is 4. The molecule has 3 aromatic rings. The van der Waals surface area contributed by atoms with Gasteiger partial charge in [-0.15, -0.1) is 0 Å². The molecule has 2 amide bonds. The van der Waals surface area contributed by atoms with Crippen LogP contribution in [0.1, 0.15) is 41.6 Å². The van der Waals surface area contributed by atoms with Gasteiger partial charge in [0, 0.05) is 18.0 Å². The van der Waals surface area contributed by atoms with Gasteiger partial charge in [-0.3, -0.25) is 15.0 Å². The van der Waals surface area contributed by atoms with Crippen LogP contribution in [0, 0.1) is 0 Å². The lowest BCUT2D eigenvalue weighted by atomic mass is 10.0. The zero-order valence-electron chi connectivity index (χ0n) is 20.6. The van der Waals surface area contributed by atoms with Crippen molar-refractivity contribution in [2.45, 2.75) is 44.6 Å². The highest BCUT2D eigenvalue weighted by molar-refractivity contribution is 6.32. The normalized spacial score (nSPS) is 22.0. The van der Waals surface area contributed by atoms with Crippen LogP contribution in [0.2, 0.25) is 10.0 Å². The van der Waals surface area contributed by atoms with Crippen LogP contribution in [0.3, 0.4) is 0 Å². The first kappa shape index (κ1) is 26.4. The third kappa shape index (κ3) is 5.07. The van der Waals surface area contributed by atoms with E-state index in [4.69, 9.17) is 27.6 Å². The molecule has 4 N–H and O–H groups in total. The number of rotatable bonds is 8. The lowest BCUT2D eigenvalue weighted by Gasteiger charge is -2.32. The van der Waals surface area contributed by atoms with Crippen molar-refractivity contribution in [2.75, 3.05) is 18.6 Å². The SMILES string of the molecule is C[C@H](C(=O)N[C@H](CO)c1cccc(Cl)c1)N1CCc2oc(-c3nc(NN4[C@H](C)[C@H]4O)ncc3Cl)cc2C1=O. The average molecular weight is 561 g/mol. The summed E-state index contributed by atoms with van der Waals surface area (Å²) in [5.74, 6) is 0.208. The van der Waals surface area contributed by atoms with Crippen molar-refractivity contribution in [3.63, 3.8) is 0 Å². The summed E-state index contributed by atoms with van der Waals surface area (Å²) in [4.78, 5) is 36.4. The number of benzene rings is 1. The van der Waals surface area contributed by atoms with Crippen LogP contribution in [0.4, 0.5) is 5.95 Å². The second-order valence-corrected chi connectivity index (χ2v) is 10.1. The van der Waals surface area contributed by atoms with Gasteiger partial charge in [-0.25, -0.2) is 9.97 Å². The van der Waals surface area contributed by atoms with E-state index in [9.17, 15) is 19.8 Å². The van der Waals surface area contributed by atoms with Gasteiger partial charge in [0.25, 0.3) is 5.91 Å². The van der Waals surface area contributed by atoms with Crippen molar-refractivity contribution >= 4 is 41.0 Å². The number of hydrogen-bond acceptors (Lipinski definition) is 9. The predicted molar refractivity (Wildman–Crippen MR) is 139 cm³/mol. The van der Waals surface area contributed by atoms with Crippen molar-refractivity contribution in [3.05, 3.63) is 63.5 Å². The lowest BCUT2D eigenvalue weighted by molar-refractivity contribution is -0.126. The Morgan fingerprint density at radius 1 is 1.32 bits per heavy atom. The van der Waals surface area contributed by atoms with Crippen molar-refractivity contribution in [1.29, 1.82) is 0 Å². The second kappa shape index (κ2) is 10.5. The molecule has 2 aliphatic heterocycles. The molecular weight excluding hydrogens is 535 g/mol. The Kier molecular flexibility index (Phi) is 7.30. The first-order chi connectivity index (χ1) is 18.2. The molecule has 5 atom stereocenters. The van der Waals surface area contributed by atoms with Crippen molar-refractivity contribution < 1.29 is 24.2 Å². The van der Waals surface area contributed by atoms with Gasteiger partial charge < -0.3 is 24.8 Å². The van der Waals surface area contributed by atoms with E-state index in [1.165, 1.54) is 11.1 Å². The number of hydrazine groups is 1. The molecule has 0 aliphatic carbocycles. The quantitative estimate of drug-likeness (QED) is 0.305. The Morgan fingerprint density at radius 2 is 2.08 bits per heavy atom. The maximum absolute atomic E-state index is 13.4. The fraction of sp³-hybridized carbons (Fsp3) is 0.360. The molecule has 1 aromatic carbocycles. The zero-order chi connectivity index (χ0) is 27.1. The van der Waals surface area contributed by atoms with Crippen molar-refractivity contribution in [1.82, 2.24) is 25.2 Å². The topological polar surface area (TPSA) is 144 Å². The molecule has 11 nitrogen and oxygen atoms in total. The minimum Gasteiger partial charge on any atom is -0.458 e. The Hall–Kier alpha value is -3.22. The molecule has 2 aliphatic rings. The highest BCUT2D eigenvalue weighted by Gasteiger charge is 2.43. The summed E-state index contributed by atoms with van der Waals surface area (Å²) in [5.41, 5.74) is 4.18. The number of nitrogens with zero attached hydrogens (tertiary/aromatic N) is 4. The molecule has 200 valence electrons. The molecule has 5 rings (SSSR count). The van der Waals surface area contributed by atoms with Crippen molar-refractivity contribution in [2.24, 2.45) is 0 Å². The number of nitrogens with one attached hydrogen (secondary N) is 2. The first-order valence-electron chi connectivity index (χ1n) is 12.0. The van der Waals surface area contributed by atoms with Gasteiger partial charge in [0.1, 0.15) is 23.7 Å². The second-order valence-electron chi connectivity index (χ2n) is 9.23. The minimum absolute atomic E-state index is 0.0744. The summed E-state index contributed by atoms with van der Waals surface area (Å²) >= 11 is 12.4.